The SMILES string of the molecule is COc1ccc(/C(=C/C#N)c2ccco2)cc1OC. The van der Waals surface area contributed by atoms with Gasteiger partial charge in [-0.15, -0.1) is 0 Å². The Bertz CT molecular complexity index is 621. The summed E-state index contributed by atoms with van der Waals surface area (Å²) >= 11 is 0. The Balaban J connectivity index is 2.50. The molecule has 0 saturated carbocycles. The third-order valence-corrected chi connectivity index (χ3v) is 2.69. The summed E-state index contributed by atoms with van der Waals surface area (Å²) in [5, 5.41) is 8.90. The molecule has 1 aromatic heterocycles. The van der Waals surface area contributed by atoms with E-state index in [1.54, 1.807) is 38.7 Å². The van der Waals surface area contributed by atoms with E-state index in [1.807, 2.05) is 18.2 Å². The van der Waals surface area contributed by atoms with Gasteiger partial charge in [-0.2, -0.15) is 5.26 Å². The van der Waals surface area contributed by atoms with Crippen LogP contribution in [0, 0.1) is 11.3 Å². The summed E-state index contributed by atoms with van der Waals surface area (Å²) in [5.41, 5.74) is 1.53. The Morgan fingerprint density at radius 2 is 2.00 bits per heavy atom. The van der Waals surface area contributed by atoms with E-state index < -0.39 is 0 Å². The molecule has 2 aromatic rings. The van der Waals surface area contributed by atoms with Crippen LogP contribution < -0.4 is 9.47 Å². The number of furan rings is 1. The first kappa shape index (κ1) is 12.8. The Morgan fingerprint density at radius 3 is 2.58 bits per heavy atom. The van der Waals surface area contributed by atoms with Crippen molar-refractivity contribution in [3.8, 4) is 17.6 Å². The molecule has 0 saturated heterocycles. The molecule has 0 N–H and O–H groups in total. The molecule has 1 aromatic carbocycles. The number of hydrogen-bond donors (Lipinski definition) is 0. The first-order chi connectivity index (χ1) is 9.30. The Hall–Kier alpha value is -2.67. The molecule has 0 fully saturated rings. The topological polar surface area (TPSA) is 55.4 Å². The van der Waals surface area contributed by atoms with Crippen LogP contribution in [0.2, 0.25) is 0 Å². The summed E-state index contributed by atoms with van der Waals surface area (Å²) in [4.78, 5) is 0. The van der Waals surface area contributed by atoms with Gasteiger partial charge < -0.3 is 13.9 Å². The highest BCUT2D eigenvalue weighted by atomic mass is 16.5. The molecule has 0 unspecified atom stereocenters. The molecular weight excluding hydrogens is 242 g/mol. The summed E-state index contributed by atoms with van der Waals surface area (Å²) in [6.45, 7) is 0. The third kappa shape index (κ3) is 2.61. The van der Waals surface area contributed by atoms with Crippen molar-refractivity contribution in [1.29, 1.82) is 5.26 Å². The zero-order valence-electron chi connectivity index (χ0n) is 10.7. The van der Waals surface area contributed by atoms with Crippen LogP contribution in [-0.4, -0.2) is 14.2 Å². The van der Waals surface area contributed by atoms with Gasteiger partial charge >= 0.3 is 0 Å². The summed E-state index contributed by atoms with van der Waals surface area (Å²) in [7, 11) is 3.15. The molecule has 0 amide bonds. The van der Waals surface area contributed by atoms with Crippen molar-refractivity contribution in [1.82, 2.24) is 0 Å². The molecule has 4 nitrogen and oxygen atoms in total. The maximum absolute atomic E-state index is 8.90. The van der Waals surface area contributed by atoms with Gasteiger partial charge in [0.2, 0.25) is 0 Å². The monoisotopic (exact) mass is 255 g/mol. The minimum absolute atomic E-state index is 0.607. The fourth-order valence-electron chi connectivity index (χ4n) is 1.80. The van der Waals surface area contributed by atoms with E-state index in [9.17, 15) is 0 Å². The minimum atomic E-state index is 0.607. The third-order valence-electron chi connectivity index (χ3n) is 2.69. The second kappa shape index (κ2) is 5.78. The molecule has 0 bridgehead atoms. The van der Waals surface area contributed by atoms with Gasteiger partial charge in [-0.25, -0.2) is 0 Å². The van der Waals surface area contributed by atoms with E-state index in [2.05, 4.69) is 0 Å². The molecular formula is C15H13NO3. The maximum Gasteiger partial charge on any atom is 0.161 e. The highest BCUT2D eigenvalue weighted by Crippen LogP contribution is 2.32. The molecule has 4 heteroatoms. The van der Waals surface area contributed by atoms with Crippen LogP contribution in [0.15, 0.2) is 47.1 Å². The average molecular weight is 255 g/mol. The van der Waals surface area contributed by atoms with Gasteiger partial charge in [0, 0.05) is 11.6 Å². The highest BCUT2D eigenvalue weighted by Gasteiger charge is 2.11. The minimum Gasteiger partial charge on any atom is -0.493 e. The van der Waals surface area contributed by atoms with E-state index in [4.69, 9.17) is 19.2 Å². The standard InChI is InChI=1S/C15H13NO3/c1-17-14-6-5-11(10-15(14)18-2)12(7-8-16)13-4-3-9-19-13/h3-7,9-10H,1-2H3/b12-7-. The molecule has 0 spiro atoms. The number of nitrogens with zero attached hydrogens (tertiary/aromatic N) is 1. The second-order valence-electron chi connectivity index (χ2n) is 3.73. The lowest BCUT2D eigenvalue weighted by Crippen LogP contribution is -1.93. The van der Waals surface area contributed by atoms with Gasteiger partial charge in [0.25, 0.3) is 0 Å². The highest BCUT2D eigenvalue weighted by molar-refractivity contribution is 5.79. The number of benzene rings is 1. The van der Waals surface area contributed by atoms with Gasteiger partial charge in [-0.1, -0.05) is 6.07 Å². The van der Waals surface area contributed by atoms with Crippen molar-refractivity contribution in [2.45, 2.75) is 0 Å². The number of allylic oxidation sites excluding steroid dienone is 1. The van der Waals surface area contributed by atoms with Crippen molar-refractivity contribution >= 4 is 5.57 Å². The summed E-state index contributed by atoms with van der Waals surface area (Å²) in [6, 6.07) is 11.1. The maximum atomic E-state index is 8.90. The molecule has 0 aliphatic heterocycles. The van der Waals surface area contributed by atoms with Crippen LogP contribution in [0.3, 0.4) is 0 Å². The predicted octanol–water partition coefficient (Wildman–Crippen LogP) is 3.25. The van der Waals surface area contributed by atoms with Gasteiger partial charge in [-0.3, -0.25) is 0 Å². The zero-order chi connectivity index (χ0) is 13.7. The summed E-state index contributed by atoms with van der Waals surface area (Å²) in [5.74, 6) is 1.88. The van der Waals surface area contributed by atoms with Crippen LogP contribution >= 0.6 is 0 Å². The smallest absolute Gasteiger partial charge is 0.161 e. The molecule has 2 rings (SSSR count). The van der Waals surface area contributed by atoms with Crippen molar-refractivity contribution in [2.75, 3.05) is 14.2 Å². The van der Waals surface area contributed by atoms with Crippen LogP contribution in [0.5, 0.6) is 11.5 Å². The van der Waals surface area contributed by atoms with E-state index in [0.29, 0.717) is 22.8 Å². The van der Waals surface area contributed by atoms with Crippen LogP contribution in [0.25, 0.3) is 5.57 Å². The van der Waals surface area contributed by atoms with E-state index in [1.165, 1.54) is 6.08 Å². The molecule has 19 heavy (non-hydrogen) atoms. The number of ether oxygens (including phenoxy) is 2. The van der Waals surface area contributed by atoms with Crippen molar-refractivity contribution in [3.63, 3.8) is 0 Å². The number of rotatable bonds is 4. The zero-order valence-corrected chi connectivity index (χ0v) is 10.7. The average Bonchev–Trinajstić information content (AvgIpc) is 2.98. The van der Waals surface area contributed by atoms with Crippen LogP contribution in [0.1, 0.15) is 11.3 Å². The molecule has 0 aliphatic rings. The fraction of sp³-hybridized carbons (Fsp3) is 0.133. The summed E-state index contributed by atoms with van der Waals surface area (Å²) < 4.78 is 15.8. The first-order valence-corrected chi connectivity index (χ1v) is 5.66. The Kier molecular flexibility index (Phi) is 3.89. The molecule has 0 atom stereocenters. The van der Waals surface area contributed by atoms with Crippen molar-refractivity contribution in [3.05, 3.63) is 54.0 Å². The summed E-state index contributed by atoms with van der Waals surface area (Å²) in [6.07, 6.45) is 3.02. The second-order valence-corrected chi connectivity index (χ2v) is 3.73. The van der Waals surface area contributed by atoms with Gasteiger partial charge in [-0.05, 0) is 29.8 Å². The number of hydrogen-bond acceptors (Lipinski definition) is 4. The van der Waals surface area contributed by atoms with Crippen LogP contribution in [-0.2, 0) is 0 Å². The lowest BCUT2D eigenvalue weighted by atomic mass is 10.0. The predicted molar refractivity (Wildman–Crippen MR) is 70.9 cm³/mol. The first-order valence-electron chi connectivity index (χ1n) is 5.66. The number of nitriles is 1. The largest absolute Gasteiger partial charge is 0.493 e. The quantitative estimate of drug-likeness (QED) is 0.787. The van der Waals surface area contributed by atoms with Crippen molar-refractivity contribution < 1.29 is 13.9 Å². The van der Waals surface area contributed by atoms with Gasteiger partial charge in [0.15, 0.2) is 11.5 Å². The van der Waals surface area contributed by atoms with E-state index in [0.717, 1.165) is 5.56 Å². The van der Waals surface area contributed by atoms with Gasteiger partial charge in [0.05, 0.1) is 26.6 Å². The molecule has 1 heterocycles. The fourth-order valence-corrected chi connectivity index (χ4v) is 1.80. The normalized spacial score (nSPS) is 10.9. The van der Waals surface area contributed by atoms with E-state index in [-0.39, 0.29) is 0 Å². The Morgan fingerprint density at radius 1 is 1.21 bits per heavy atom. The van der Waals surface area contributed by atoms with Crippen molar-refractivity contribution in [2.24, 2.45) is 0 Å². The van der Waals surface area contributed by atoms with Gasteiger partial charge in [0.1, 0.15) is 5.76 Å². The number of methoxy groups -OCH3 is 2. The lowest BCUT2D eigenvalue weighted by molar-refractivity contribution is 0.355. The Labute approximate surface area is 111 Å². The van der Waals surface area contributed by atoms with E-state index >= 15 is 0 Å². The lowest BCUT2D eigenvalue weighted by Gasteiger charge is -2.10. The van der Waals surface area contributed by atoms with Crippen LogP contribution in [0.4, 0.5) is 0 Å². The molecule has 96 valence electrons. The molecule has 0 aliphatic carbocycles. The molecule has 0 radical (unpaired) electrons.